The van der Waals surface area contributed by atoms with E-state index in [1.807, 2.05) is 0 Å². The molecule has 0 fully saturated rings. The Morgan fingerprint density at radius 2 is 2.00 bits per heavy atom. The average molecular weight is 253 g/mol. The van der Waals surface area contributed by atoms with Crippen molar-refractivity contribution in [1.82, 2.24) is 9.97 Å². The molecule has 0 saturated heterocycles. The van der Waals surface area contributed by atoms with Crippen molar-refractivity contribution in [3.05, 3.63) is 11.9 Å². The molecule has 0 atom stereocenters. The van der Waals surface area contributed by atoms with Gasteiger partial charge in [0.25, 0.3) is 0 Å². The molecule has 5 nitrogen and oxygen atoms in total. The summed E-state index contributed by atoms with van der Waals surface area (Å²) in [6, 6.07) is 0. The first-order valence-corrected chi connectivity index (χ1v) is 6.52. The Balaban J connectivity index is 2.79. The summed E-state index contributed by atoms with van der Waals surface area (Å²) in [5.74, 6) is 1.56. The molecule has 1 aromatic rings. The summed E-state index contributed by atoms with van der Waals surface area (Å²) in [6.45, 7) is 6.25. The lowest BCUT2D eigenvalue weighted by Crippen LogP contribution is -2.11. The molecule has 0 radical (unpaired) electrons. The number of ether oxygens (including phenoxy) is 2. The Kier molecular flexibility index (Phi) is 7.10. The number of anilines is 1. The quantitative estimate of drug-likeness (QED) is 0.684. The fraction of sp³-hybridized carbons (Fsp3) is 0.692. The van der Waals surface area contributed by atoms with Crippen molar-refractivity contribution in [1.29, 1.82) is 0 Å². The maximum absolute atomic E-state index is 5.63. The lowest BCUT2D eigenvalue weighted by Gasteiger charge is -2.13. The van der Waals surface area contributed by atoms with E-state index in [0.29, 0.717) is 19.1 Å². The minimum Gasteiger partial charge on any atom is -0.475 e. The lowest BCUT2D eigenvalue weighted by molar-refractivity contribution is 0.143. The van der Waals surface area contributed by atoms with E-state index in [-0.39, 0.29) is 0 Å². The third-order valence-electron chi connectivity index (χ3n) is 2.47. The fourth-order valence-corrected chi connectivity index (χ4v) is 1.61. The summed E-state index contributed by atoms with van der Waals surface area (Å²) >= 11 is 0. The highest BCUT2D eigenvalue weighted by atomic mass is 16.5. The first-order valence-electron chi connectivity index (χ1n) is 6.52. The van der Waals surface area contributed by atoms with E-state index >= 15 is 0 Å². The first kappa shape index (κ1) is 14.7. The average Bonchev–Trinajstić information content (AvgIpc) is 2.39. The van der Waals surface area contributed by atoms with Crippen LogP contribution in [0, 0.1) is 0 Å². The van der Waals surface area contributed by atoms with Crippen molar-refractivity contribution < 1.29 is 9.47 Å². The standard InChI is InChI=1S/C13H23N3O2/c1-4-6-11-12(14-7-5-2)15-10-16-13(11)18-9-8-17-3/h10H,4-9H2,1-3H3,(H,14,15,16). The topological polar surface area (TPSA) is 56.3 Å². The molecule has 0 spiro atoms. The van der Waals surface area contributed by atoms with Crippen LogP contribution < -0.4 is 10.1 Å². The summed E-state index contributed by atoms with van der Waals surface area (Å²) in [7, 11) is 1.66. The van der Waals surface area contributed by atoms with E-state index in [2.05, 4.69) is 29.1 Å². The minimum atomic E-state index is 0.511. The molecule has 0 aliphatic rings. The Labute approximate surface area is 109 Å². The monoisotopic (exact) mass is 253 g/mol. The van der Waals surface area contributed by atoms with Gasteiger partial charge >= 0.3 is 0 Å². The molecule has 0 aromatic carbocycles. The minimum absolute atomic E-state index is 0.511. The van der Waals surface area contributed by atoms with Gasteiger partial charge in [-0.15, -0.1) is 0 Å². The van der Waals surface area contributed by atoms with Crippen LogP contribution in [0.2, 0.25) is 0 Å². The van der Waals surface area contributed by atoms with Crippen LogP contribution in [0.15, 0.2) is 6.33 Å². The number of hydrogen-bond donors (Lipinski definition) is 1. The van der Waals surface area contributed by atoms with Crippen molar-refractivity contribution >= 4 is 5.82 Å². The van der Waals surface area contributed by atoms with Gasteiger partial charge in [0.15, 0.2) is 0 Å². The smallest absolute Gasteiger partial charge is 0.221 e. The van der Waals surface area contributed by atoms with Crippen molar-refractivity contribution in [3.8, 4) is 5.88 Å². The van der Waals surface area contributed by atoms with Crippen LogP contribution >= 0.6 is 0 Å². The van der Waals surface area contributed by atoms with Gasteiger partial charge in [0.05, 0.1) is 12.2 Å². The van der Waals surface area contributed by atoms with Crippen LogP contribution in [0.25, 0.3) is 0 Å². The predicted octanol–water partition coefficient (Wildman–Crippen LogP) is 2.28. The highest BCUT2D eigenvalue weighted by Crippen LogP contribution is 2.23. The number of methoxy groups -OCH3 is 1. The molecule has 102 valence electrons. The molecule has 0 bridgehead atoms. The highest BCUT2D eigenvalue weighted by Gasteiger charge is 2.11. The molecule has 1 heterocycles. The number of aromatic nitrogens is 2. The first-order chi connectivity index (χ1) is 8.83. The van der Waals surface area contributed by atoms with Gasteiger partial charge in [0, 0.05) is 13.7 Å². The Morgan fingerprint density at radius 1 is 1.17 bits per heavy atom. The predicted molar refractivity (Wildman–Crippen MR) is 72.2 cm³/mol. The number of hydrogen-bond acceptors (Lipinski definition) is 5. The molecule has 1 rings (SSSR count). The second-order valence-electron chi connectivity index (χ2n) is 4.02. The van der Waals surface area contributed by atoms with Gasteiger partial charge in [-0.1, -0.05) is 20.3 Å². The van der Waals surface area contributed by atoms with Crippen LogP contribution in [0.3, 0.4) is 0 Å². The third kappa shape index (κ3) is 4.49. The molecule has 1 aromatic heterocycles. The van der Waals surface area contributed by atoms with Gasteiger partial charge in [-0.3, -0.25) is 0 Å². The molecule has 0 saturated carbocycles. The van der Waals surface area contributed by atoms with E-state index in [1.54, 1.807) is 13.4 Å². The van der Waals surface area contributed by atoms with E-state index in [1.165, 1.54) is 0 Å². The van der Waals surface area contributed by atoms with Crippen LogP contribution in [0.1, 0.15) is 32.3 Å². The van der Waals surface area contributed by atoms with Crippen LogP contribution in [0.4, 0.5) is 5.82 Å². The molecule has 1 N–H and O–H groups in total. The molecule has 0 unspecified atom stereocenters. The SMILES string of the molecule is CCCNc1ncnc(OCCOC)c1CCC. The molecule has 0 aliphatic heterocycles. The Morgan fingerprint density at radius 3 is 2.67 bits per heavy atom. The van der Waals surface area contributed by atoms with E-state index in [4.69, 9.17) is 9.47 Å². The third-order valence-corrected chi connectivity index (χ3v) is 2.47. The largest absolute Gasteiger partial charge is 0.475 e. The van der Waals surface area contributed by atoms with Gasteiger partial charge in [0.2, 0.25) is 5.88 Å². The van der Waals surface area contributed by atoms with Crippen molar-refractivity contribution in [2.75, 3.05) is 32.2 Å². The zero-order valence-electron chi connectivity index (χ0n) is 11.5. The summed E-state index contributed by atoms with van der Waals surface area (Å²) < 4.78 is 10.6. The molecule has 0 amide bonds. The number of nitrogens with zero attached hydrogens (tertiary/aromatic N) is 2. The van der Waals surface area contributed by atoms with Crippen molar-refractivity contribution in [2.24, 2.45) is 0 Å². The summed E-state index contributed by atoms with van der Waals surface area (Å²) in [4.78, 5) is 8.50. The van der Waals surface area contributed by atoms with Crippen molar-refractivity contribution in [2.45, 2.75) is 33.1 Å². The van der Waals surface area contributed by atoms with E-state index in [0.717, 1.165) is 37.2 Å². The Bertz CT molecular complexity index is 345. The maximum atomic E-state index is 5.63. The van der Waals surface area contributed by atoms with Crippen molar-refractivity contribution in [3.63, 3.8) is 0 Å². The van der Waals surface area contributed by atoms with Gasteiger partial charge in [-0.05, 0) is 12.8 Å². The second kappa shape index (κ2) is 8.69. The number of rotatable bonds is 9. The van der Waals surface area contributed by atoms with Crippen LogP contribution in [0.5, 0.6) is 5.88 Å². The fourth-order valence-electron chi connectivity index (χ4n) is 1.61. The maximum Gasteiger partial charge on any atom is 0.221 e. The van der Waals surface area contributed by atoms with E-state index in [9.17, 15) is 0 Å². The molecular weight excluding hydrogens is 230 g/mol. The molecule has 0 aliphatic carbocycles. The normalized spacial score (nSPS) is 10.4. The molecule has 5 heteroatoms. The van der Waals surface area contributed by atoms with Gasteiger partial charge in [-0.25, -0.2) is 9.97 Å². The summed E-state index contributed by atoms with van der Waals surface area (Å²) in [6.07, 6.45) is 4.55. The van der Waals surface area contributed by atoms with Crippen LogP contribution in [-0.2, 0) is 11.2 Å². The Hall–Kier alpha value is -1.36. The zero-order valence-corrected chi connectivity index (χ0v) is 11.5. The zero-order chi connectivity index (χ0) is 13.2. The molecule has 18 heavy (non-hydrogen) atoms. The second-order valence-corrected chi connectivity index (χ2v) is 4.02. The highest BCUT2D eigenvalue weighted by molar-refractivity contribution is 5.48. The van der Waals surface area contributed by atoms with Gasteiger partial charge in [0.1, 0.15) is 18.8 Å². The van der Waals surface area contributed by atoms with Gasteiger partial charge in [-0.2, -0.15) is 0 Å². The molecular formula is C13H23N3O2. The lowest BCUT2D eigenvalue weighted by atomic mass is 10.1. The summed E-state index contributed by atoms with van der Waals surface area (Å²) in [5.41, 5.74) is 1.06. The van der Waals surface area contributed by atoms with E-state index < -0.39 is 0 Å². The van der Waals surface area contributed by atoms with Crippen LogP contribution in [-0.4, -0.2) is 36.8 Å². The summed E-state index contributed by atoms with van der Waals surface area (Å²) in [5, 5.41) is 3.32. The van der Waals surface area contributed by atoms with Gasteiger partial charge < -0.3 is 14.8 Å². The number of nitrogens with one attached hydrogen (secondary N) is 1.